The van der Waals surface area contributed by atoms with E-state index in [1.807, 2.05) is 12.1 Å². The first kappa shape index (κ1) is 12.9. The van der Waals surface area contributed by atoms with Crippen LogP contribution in [0.15, 0.2) is 35.7 Å². The minimum Gasteiger partial charge on any atom is -0.506 e. The number of benzene rings is 1. The van der Waals surface area contributed by atoms with Gasteiger partial charge in [0.05, 0.1) is 5.69 Å². The maximum Gasteiger partial charge on any atom is 0.138 e. The smallest absolute Gasteiger partial charge is 0.138 e. The lowest BCUT2D eigenvalue weighted by Gasteiger charge is -2.16. The molecule has 1 aromatic carbocycles. The van der Waals surface area contributed by atoms with E-state index in [9.17, 15) is 5.11 Å². The van der Waals surface area contributed by atoms with Crippen LogP contribution in [0.4, 0.5) is 5.69 Å². The summed E-state index contributed by atoms with van der Waals surface area (Å²) >= 11 is 1.80. The maximum atomic E-state index is 9.37. The van der Waals surface area contributed by atoms with Gasteiger partial charge in [-0.25, -0.2) is 0 Å². The molecule has 2 rings (SSSR count). The van der Waals surface area contributed by atoms with Gasteiger partial charge in [-0.3, -0.25) is 0 Å². The summed E-state index contributed by atoms with van der Waals surface area (Å²) in [6, 6.07) is 9.64. The third-order valence-electron chi connectivity index (χ3n) is 2.86. The molecule has 0 spiro atoms. The first-order valence-corrected chi connectivity index (χ1v) is 6.81. The lowest BCUT2D eigenvalue weighted by atomic mass is 10.1. The predicted molar refractivity (Wildman–Crippen MR) is 76.9 cm³/mol. The van der Waals surface area contributed by atoms with Gasteiger partial charge in [-0.1, -0.05) is 12.1 Å². The number of nitrogens with zero attached hydrogens (tertiary/aromatic N) is 1. The van der Waals surface area contributed by atoms with Gasteiger partial charge in [-0.05, 0) is 42.6 Å². The third kappa shape index (κ3) is 3.48. The first-order chi connectivity index (χ1) is 8.65. The minimum absolute atomic E-state index is 0.153. The van der Waals surface area contributed by atoms with Crippen LogP contribution in [0.2, 0.25) is 0 Å². The summed E-state index contributed by atoms with van der Waals surface area (Å²) in [5, 5.41) is 11.5. The highest BCUT2D eigenvalue weighted by atomic mass is 32.1. The number of thiophene rings is 1. The number of nitrogen functional groups attached to an aromatic ring is 1. The molecule has 3 N–H and O–H groups in total. The highest BCUT2D eigenvalue weighted by molar-refractivity contribution is 7.09. The number of anilines is 1. The van der Waals surface area contributed by atoms with Gasteiger partial charge in [0.2, 0.25) is 0 Å². The molecule has 1 heterocycles. The van der Waals surface area contributed by atoms with Crippen LogP contribution >= 0.6 is 11.3 Å². The average Bonchev–Trinajstić information content (AvgIpc) is 2.84. The van der Waals surface area contributed by atoms with Crippen LogP contribution in [0.25, 0.3) is 0 Å². The number of phenolic OH excluding ortho intramolecular Hbond substituents is 1. The van der Waals surface area contributed by atoms with Gasteiger partial charge in [0.25, 0.3) is 0 Å². The molecule has 0 aliphatic heterocycles. The molecule has 1 aromatic heterocycles. The molecule has 0 saturated heterocycles. The molecule has 0 atom stereocenters. The van der Waals surface area contributed by atoms with E-state index < -0.39 is 0 Å². The van der Waals surface area contributed by atoms with Gasteiger partial charge in [0.1, 0.15) is 5.75 Å². The lowest BCUT2D eigenvalue weighted by Crippen LogP contribution is -2.20. The zero-order valence-electron chi connectivity index (χ0n) is 10.5. The zero-order valence-corrected chi connectivity index (χ0v) is 11.3. The van der Waals surface area contributed by atoms with Crippen LogP contribution in [0.5, 0.6) is 5.75 Å². The van der Waals surface area contributed by atoms with E-state index in [1.165, 1.54) is 4.88 Å². The Balaban J connectivity index is 1.86. The second kappa shape index (κ2) is 5.89. The van der Waals surface area contributed by atoms with E-state index in [0.717, 1.165) is 25.1 Å². The zero-order chi connectivity index (χ0) is 13.0. The van der Waals surface area contributed by atoms with Crippen molar-refractivity contribution in [3.8, 4) is 5.75 Å². The maximum absolute atomic E-state index is 9.37. The summed E-state index contributed by atoms with van der Waals surface area (Å²) in [4.78, 5) is 3.66. The van der Waals surface area contributed by atoms with Crippen LogP contribution in [0, 0.1) is 0 Å². The molecule has 0 unspecified atom stereocenters. The monoisotopic (exact) mass is 262 g/mol. The molecule has 96 valence electrons. The molecule has 0 bridgehead atoms. The molecule has 3 nitrogen and oxygen atoms in total. The van der Waals surface area contributed by atoms with E-state index in [4.69, 9.17) is 5.73 Å². The van der Waals surface area contributed by atoms with Crippen LogP contribution in [-0.2, 0) is 13.0 Å². The summed E-state index contributed by atoms with van der Waals surface area (Å²) in [5.74, 6) is 0.153. The lowest BCUT2D eigenvalue weighted by molar-refractivity contribution is 0.332. The number of likely N-dealkylation sites (N-methyl/N-ethyl adjacent to an activating group) is 1. The highest BCUT2D eigenvalue weighted by Gasteiger charge is 2.04. The van der Waals surface area contributed by atoms with Crippen molar-refractivity contribution in [3.05, 3.63) is 46.2 Å². The van der Waals surface area contributed by atoms with Crippen molar-refractivity contribution >= 4 is 17.0 Å². The fourth-order valence-electron chi connectivity index (χ4n) is 1.85. The van der Waals surface area contributed by atoms with Crippen molar-refractivity contribution in [3.63, 3.8) is 0 Å². The molecule has 4 heteroatoms. The molecule has 0 aliphatic carbocycles. The summed E-state index contributed by atoms with van der Waals surface area (Å²) in [5.41, 5.74) is 7.25. The van der Waals surface area contributed by atoms with Crippen molar-refractivity contribution in [1.82, 2.24) is 4.90 Å². The molecule has 0 aliphatic rings. The standard InChI is InChI=1S/C14H18N2OS/c1-16(7-6-12-3-2-8-18-12)10-11-4-5-14(17)13(15)9-11/h2-5,8-9,17H,6-7,10,15H2,1H3. The van der Waals surface area contributed by atoms with Crippen LogP contribution < -0.4 is 5.73 Å². The number of rotatable bonds is 5. The van der Waals surface area contributed by atoms with Crippen LogP contribution in [0.3, 0.4) is 0 Å². The van der Waals surface area contributed by atoms with E-state index in [1.54, 1.807) is 17.4 Å². The van der Waals surface area contributed by atoms with E-state index in [2.05, 4.69) is 29.5 Å². The quantitative estimate of drug-likeness (QED) is 0.643. The van der Waals surface area contributed by atoms with Crippen molar-refractivity contribution in [2.75, 3.05) is 19.3 Å². The van der Waals surface area contributed by atoms with Gasteiger partial charge in [-0.2, -0.15) is 0 Å². The molecule has 0 radical (unpaired) electrons. The summed E-state index contributed by atoms with van der Waals surface area (Å²) in [6.07, 6.45) is 1.07. The Bertz CT molecular complexity index is 497. The Kier molecular flexibility index (Phi) is 4.23. The summed E-state index contributed by atoms with van der Waals surface area (Å²) in [6.45, 7) is 1.86. The van der Waals surface area contributed by atoms with Gasteiger partial charge < -0.3 is 15.7 Å². The van der Waals surface area contributed by atoms with Crippen LogP contribution in [0.1, 0.15) is 10.4 Å². The molecule has 0 fully saturated rings. The molecule has 2 aromatic rings. The molecule has 18 heavy (non-hydrogen) atoms. The number of hydrogen-bond acceptors (Lipinski definition) is 4. The Morgan fingerprint density at radius 2 is 2.17 bits per heavy atom. The van der Waals surface area contributed by atoms with Crippen molar-refractivity contribution in [2.24, 2.45) is 0 Å². The van der Waals surface area contributed by atoms with Gasteiger partial charge in [0, 0.05) is 18.0 Å². The Labute approximate surface area is 111 Å². The SMILES string of the molecule is CN(CCc1cccs1)Cc1ccc(O)c(N)c1. The normalized spacial score (nSPS) is 11.0. The molecular weight excluding hydrogens is 244 g/mol. The molecule has 0 amide bonds. The van der Waals surface area contributed by atoms with Crippen molar-refractivity contribution in [1.29, 1.82) is 0 Å². The Morgan fingerprint density at radius 3 is 2.83 bits per heavy atom. The third-order valence-corrected chi connectivity index (χ3v) is 3.80. The Morgan fingerprint density at radius 1 is 1.33 bits per heavy atom. The van der Waals surface area contributed by atoms with E-state index in [0.29, 0.717) is 5.69 Å². The van der Waals surface area contributed by atoms with Crippen molar-refractivity contribution < 1.29 is 5.11 Å². The highest BCUT2D eigenvalue weighted by Crippen LogP contribution is 2.21. The fourth-order valence-corrected chi connectivity index (χ4v) is 2.55. The second-order valence-corrected chi connectivity index (χ2v) is 5.49. The fraction of sp³-hybridized carbons (Fsp3) is 0.286. The largest absolute Gasteiger partial charge is 0.506 e. The van der Waals surface area contributed by atoms with Crippen LogP contribution in [-0.4, -0.2) is 23.6 Å². The number of phenols is 1. The van der Waals surface area contributed by atoms with Gasteiger partial charge in [-0.15, -0.1) is 11.3 Å². The summed E-state index contributed by atoms with van der Waals surface area (Å²) < 4.78 is 0. The molecular formula is C14H18N2OS. The number of nitrogens with two attached hydrogens (primary N) is 1. The average molecular weight is 262 g/mol. The molecule has 0 saturated carbocycles. The first-order valence-electron chi connectivity index (χ1n) is 5.93. The Hall–Kier alpha value is -1.52. The van der Waals surface area contributed by atoms with Crippen molar-refractivity contribution in [2.45, 2.75) is 13.0 Å². The minimum atomic E-state index is 0.153. The second-order valence-electron chi connectivity index (χ2n) is 4.46. The number of hydrogen-bond donors (Lipinski definition) is 2. The summed E-state index contributed by atoms with van der Waals surface area (Å²) in [7, 11) is 2.09. The van der Waals surface area contributed by atoms with E-state index in [-0.39, 0.29) is 5.75 Å². The van der Waals surface area contributed by atoms with E-state index >= 15 is 0 Å². The van der Waals surface area contributed by atoms with Gasteiger partial charge in [0.15, 0.2) is 0 Å². The number of aromatic hydroxyl groups is 1. The topological polar surface area (TPSA) is 49.5 Å². The van der Waals surface area contributed by atoms with Gasteiger partial charge >= 0.3 is 0 Å². The predicted octanol–water partition coefficient (Wildman–Crippen LogP) is 2.71.